The van der Waals surface area contributed by atoms with Gasteiger partial charge in [0.15, 0.2) is 6.04 Å². The minimum atomic E-state index is -1.61. The molecule has 6 heteroatoms. The summed E-state index contributed by atoms with van der Waals surface area (Å²) in [5, 5.41) is 23.3. The highest BCUT2D eigenvalue weighted by Gasteiger charge is 2.25. The summed E-state index contributed by atoms with van der Waals surface area (Å²) in [7, 11) is -1.61. The molecule has 1 saturated heterocycles. The Labute approximate surface area is 174 Å². The van der Waals surface area contributed by atoms with Crippen molar-refractivity contribution in [3.8, 4) is 6.07 Å². The van der Waals surface area contributed by atoms with E-state index in [2.05, 4.69) is 48.1 Å². The van der Waals surface area contributed by atoms with Crippen LogP contribution in [-0.2, 0) is 11.3 Å². The van der Waals surface area contributed by atoms with Crippen LogP contribution >= 0.6 is 0 Å². The summed E-state index contributed by atoms with van der Waals surface area (Å²) in [6, 6.07) is 14.5. The summed E-state index contributed by atoms with van der Waals surface area (Å²) in [4.78, 5) is 14.6. The lowest BCUT2D eigenvalue weighted by Crippen LogP contribution is -2.39. The van der Waals surface area contributed by atoms with E-state index in [0.717, 1.165) is 25.2 Å². The second-order valence-electron chi connectivity index (χ2n) is 8.80. The van der Waals surface area contributed by atoms with Crippen molar-refractivity contribution in [3.63, 3.8) is 0 Å². The molecule has 0 spiro atoms. The Morgan fingerprint density at radius 2 is 1.83 bits per heavy atom. The van der Waals surface area contributed by atoms with Crippen molar-refractivity contribution >= 4 is 24.9 Å². The number of rotatable bonds is 7. The molecule has 2 aromatic carbocycles. The number of nitrogens with zero attached hydrogens (tertiary/aromatic N) is 2. The fourth-order valence-corrected chi connectivity index (χ4v) is 4.92. The quantitative estimate of drug-likeness (QED) is 0.680. The van der Waals surface area contributed by atoms with E-state index in [4.69, 9.17) is 5.26 Å². The number of anilines is 1. The Morgan fingerprint density at radius 1 is 1.17 bits per heavy atom. The van der Waals surface area contributed by atoms with Crippen molar-refractivity contribution in [2.24, 2.45) is 0 Å². The molecule has 29 heavy (non-hydrogen) atoms. The fraction of sp³-hybridized carbons (Fsp3) is 0.391. The molecule has 2 aromatic rings. The monoisotopic (exact) mass is 407 g/mol. The molecule has 1 fully saturated rings. The van der Waals surface area contributed by atoms with Crippen LogP contribution in [0.1, 0.15) is 35.6 Å². The van der Waals surface area contributed by atoms with Gasteiger partial charge >= 0.3 is 5.97 Å². The molecule has 0 aliphatic carbocycles. The van der Waals surface area contributed by atoms with Crippen molar-refractivity contribution in [1.29, 1.82) is 5.26 Å². The van der Waals surface area contributed by atoms with E-state index in [1.807, 2.05) is 6.07 Å². The van der Waals surface area contributed by atoms with Gasteiger partial charge < -0.3 is 10.4 Å². The van der Waals surface area contributed by atoms with Crippen LogP contribution in [0.4, 0.5) is 5.69 Å². The SMILES string of the molecule is C[Si](C)(C)c1cc(CN2CCCC2)cc(C(Nc2ccc(C#N)cc2)C(=O)O)c1. The van der Waals surface area contributed by atoms with E-state index >= 15 is 0 Å². The molecule has 0 radical (unpaired) electrons. The summed E-state index contributed by atoms with van der Waals surface area (Å²) in [5.41, 5.74) is 3.22. The standard InChI is InChI=1S/C23H29N3O2Si/c1-29(2,3)21-13-18(16-26-10-4-5-11-26)12-19(14-21)22(23(27)28)25-20-8-6-17(15-24)7-9-20/h6-9,12-14,22,25H,4-5,10-11,16H2,1-3H3,(H,27,28). The minimum absolute atomic E-state index is 0.552. The van der Waals surface area contributed by atoms with E-state index in [-0.39, 0.29) is 0 Å². The topological polar surface area (TPSA) is 76.4 Å². The van der Waals surface area contributed by atoms with Gasteiger partial charge in [0.05, 0.1) is 19.7 Å². The number of hydrogen-bond donors (Lipinski definition) is 2. The van der Waals surface area contributed by atoms with Crippen LogP contribution in [0.5, 0.6) is 0 Å². The average Bonchev–Trinajstić information content (AvgIpc) is 3.18. The van der Waals surface area contributed by atoms with Crippen molar-refractivity contribution in [1.82, 2.24) is 4.90 Å². The smallest absolute Gasteiger partial charge is 0.330 e. The molecule has 2 N–H and O–H groups in total. The van der Waals surface area contributed by atoms with Gasteiger partial charge in [0.2, 0.25) is 0 Å². The molecule has 0 bridgehead atoms. The number of aliphatic carboxylic acids is 1. The molecule has 1 atom stereocenters. The highest BCUT2D eigenvalue weighted by atomic mass is 28.3. The average molecular weight is 408 g/mol. The van der Waals surface area contributed by atoms with Crippen LogP contribution in [0.15, 0.2) is 42.5 Å². The van der Waals surface area contributed by atoms with Crippen molar-refractivity contribution in [2.75, 3.05) is 18.4 Å². The van der Waals surface area contributed by atoms with Gasteiger partial charge in [-0.25, -0.2) is 4.79 Å². The molecule has 1 aliphatic rings. The fourth-order valence-electron chi connectivity index (χ4n) is 3.70. The van der Waals surface area contributed by atoms with Gasteiger partial charge in [0.25, 0.3) is 0 Å². The van der Waals surface area contributed by atoms with Crippen LogP contribution in [0.2, 0.25) is 19.6 Å². The third kappa shape index (κ3) is 5.46. The first-order valence-corrected chi connectivity index (χ1v) is 13.6. The van der Waals surface area contributed by atoms with Crippen molar-refractivity contribution in [3.05, 3.63) is 59.2 Å². The lowest BCUT2D eigenvalue weighted by Gasteiger charge is -2.24. The molecule has 1 aliphatic heterocycles. The zero-order valence-corrected chi connectivity index (χ0v) is 18.4. The number of nitriles is 1. The number of carboxylic acid groups (broad SMARTS) is 1. The molecule has 5 nitrogen and oxygen atoms in total. The van der Waals surface area contributed by atoms with E-state index in [9.17, 15) is 9.90 Å². The molecule has 0 saturated carbocycles. The molecule has 1 unspecified atom stereocenters. The Bertz CT molecular complexity index is 907. The third-order valence-corrected chi connectivity index (χ3v) is 7.41. The van der Waals surface area contributed by atoms with Crippen molar-refractivity contribution < 1.29 is 9.90 Å². The first kappa shape index (κ1) is 21.1. The van der Waals surface area contributed by atoms with Gasteiger partial charge in [-0.15, -0.1) is 0 Å². The third-order valence-electron chi connectivity index (χ3n) is 5.39. The molecule has 0 aromatic heterocycles. The zero-order valence-electron chi connectivity index (χ0n) is 17.4. The van der Waals surface area contributed by atoms with Crippen LogP contribution < -0.4 is 10.5 Å². The van der Waals surface area contributed by atoms with Crippen LogP contribution in [0, 0.1) is 11.3 Å². The molecule has 3 rings (SSSR count). The lowest BCUT2D eigenvalue weighted by atomic mass is 10.0. The van der Waals surface area contributed by atoms with Crippen molar-refractivity contribution in [2.45, 2.75) is 45.1 Å². The largest absolute Gasteiger partial charge is 0.479 e. The zero-order chi connectivity index (χ0) is 21.0. The Kier molecular flexibility index (Phi) is 6.41. The maximum absolute atomic E-state index is 12.1. The molecular weight excluding hydrogens is 378 g/mol. The molecular formula is C23H29N3O2Si. The summed E-state index contributed by atoms with van der Waals surface area (Å²) >= 11 is 0. The number of nitrogens with one attached hydrogen (secondary N) is 1. The molecule has 152 valence electrons. The van der Waals surface area contributed by atoms with Gasteiger partial charge in [-0.2, -0.15) is 5.26 Å². The number of benzene rings is 2. The normalized spacial score (nSPS) is 15.7. The van der Waals surface area contributed by atoms with Gasteiger partial charge in [-0.3, -0.25) is 4.90 Å². The lowest BCUT2D eigenvalue weighted by molar-refractivity contribution is -0.138. The van der Waals surface area contributed by atoms with Crippen LogP contribution in [-0.4, -0.2) is 37.1 Å². The van der Waals surface area contributed by atoms with E-state index in [1.165, 1.54) is 23.6 Å². The Morgan fingerprint density at radius 3 is 2.38 bits per heavy atom. The number of hydrogen-bond acceptors (Lipinski definition) is 4. The number of carboxylic acids is 1. The van der Waals surface area contributed by atoms with E-state index in [1.54, 1.807) is 24.3 Å². The second kappa shape index (κ2) is 8.81. The maximum atomic E-state index is 12.1. The maximum Gasteiger partial charge on any atom is 0.330 e. The van der Waals surface area contributed by atoms with Gasteiger partial charge in [-0.1, -0.05) is 43.0 Å². The molecule has 1 heterocycles. The predicted molar refractivity (Wildman–Crippen MR) is 119 cm³/mol. The Hall–Kier alpha value is -2.62. The van der Waals surface area contributed by atoms with Crippen LogP contribution in [0.25, 0.3) is 0 Å². The second-order valence-corrected chi connectivity index (χ2v) is 13.9. The highest BCUT2D eigenvalue weighted by molar-refractivity contribution is 6.88. The van der Waals surface area contributed by atoms with Gasteiger partial charge in [0, 0.05) is 12.2 Å². The summed E-state index contributed by atoms with van der Waals surface area (Å²) < 4.78 is 0. The van der Waals surface area contributed by atoms with E-state index < -0.39 is 20.1 Å². The first-order valence-electron chi connectivity index (χ1n) is 10.1. The summed E-state index contributed by atoms with van der Waals surface area (Å²) in [6.45, 7) is 9.95. The van der Waals surface area contributed by atoms with Gasteiger partial charge in [0.1, 0.15) is 0 Å². The summed E-state index contributed by atoms with van der Waals surface area (Å²) in [5.74, 6) is -0.908. The minimum Gasteiger partial charge on any atom is -0.479 e. The Balaban J connectivity index is 1.94. The van der Waals surface area contributed by atoms with E-state index in [0.29, 0.717) is 11.3 Å². The molecule has 0 amide bonds. The number of likely N-dealkylation sites (tertiary alicyclic amines) is 1. The predicted octanol–water partition coefficient (Wildman–Crippen LogP) is 3.94. The first-order chi connectivity index (χ1) is 13.8. The van der Waals surface area contributed by atoms with Gasteiger partial charge in [-0.05, 0) is 61.3 Å². The van der Waals surface area contributed by atoms with Crippen LogP contribution in [0.3, 0.4) is 0 Å². The summed E-state index contributed by atoms with van der Waals surface area (Å²) in [6.07, 6.45) is 2.47. The highest BCUT2D eigenvalue weighted by Crippen LogP contribution is 2.23. The number of carbonyl (C=O) groups is 1.